The second-order valence-electron chi connectivity index (χ2n) is 27.7. The first-order valence-corrected chi connectivity index (χ1v) is 36.8. The van der Waals surface area contributed by atoms with E-state index in [9.17, 15) is 58.8 Å². The van der Waals surface area contributed by atoms with Crippen molar-refractivity contribution in [3.8, 4) is 11.5 Å². The molecule has 8 heterocycles. The molecule has 12 aromatic rings. The fraction of sp³-hybridized carbons (Fsp3) is 0.268. The number of anilines is 4. The Hall–Kier alpha value is -11.9. The molecule has 2 saturated heterocycles. The highest BCUT2D eigenvalue weighted by Crippen LogP contribution is 2.45. The maximum atomic E-state index is 14.6. The van der Waals surface area contributed by atoms with Gasteiger partial charge in [0.2, 0.25) is 18.7 Å². The number of halogens is 2. The molecular formula is C82H74Cl2N8O20. The summed E-state index contributed by atoms with van der Waals surface area (Å²) in [6.45, 7) is 3.87. The third-order valence-electron chi connectivity index (χ3n) is 19.9. The lowest BCUT2D eigenvalue weighted by molar-refractivity contribution is -0.288. The number of carbonyl (C=O) groups excluding carboxylic acids is 8. The van der Waals surface area contributed by atoms with Crippen LogP contribution in [0.15, 0.2) is 170 Å². The summed E-state index contributed by atoms with van der Waals surface area (Å²) in [6, 6.07) is 50.8. The molecule has 4 amide bonds. The van der Waals surface area contributed by atoms with E-state index in [1.165, 1.54) is 6.92 Å². The Labute approximate surface area is 646 Å². The number of aromatic amines is 4. The van der Waals surface area contributed by atoms with E-state index in [1.54, 1.807) is 94.7 Å². The lowest BCUT2D eigenvalue weighted by Crippen LogP contribution is -2.63. The van der Waals surface area contributed by atoms with Crippen LogP contribution >= 0.6 is 23.2 Å². The van der Waals surface area contributed by atoms with Gasteiger partial charge in [-0.05, 0) is 108 Å². The zero-order chi connectivity index (χ0) is 78.5. The van der Waals surface area contributed by atoms with E-state index < -0.39 is 110 Å². The van der Waals surface area contributed by atoms with Crippen LogP contribution in [0.3, 0.4) is 0 Å². The van der Waals surface area contributed by atoms with E-state index in [0.29, 0.717) is 90.6 Å². The minimum Gasteiger partial charge on any atom is -0.463 e. The second-order valence-corrected chi connectivity index (χ2v) is 28.9. The van der Waals surface area contributed by atoms with Crippen LogP contribution in [0.5, 0.6) is 11.5 Å². The van der Waals surface area contributed by atoms with Crippen molar-refractivity contribution in [1.82, 2.24) is 19.9 Å². The molecule has 0 bridgehead atoms. The second kappa shape index (κ2) is 31.5. The topological polar surface area (TPSA) is 385 Å². The van der Waals surface area contributed by atoms with Crippen molar-refractivity contribution in [2.24, 2.45) is 0 Å². The first-order valence-electron chi connectivity index (χ1n) is 35.9. The molecule has 0 aliphatic carbocycles. The first-order chi connectivity index (χ1) is 53.9. The van der Waals surface area contributed by atoms with Crippen LogP contribution in [0.2, 0.25) is 0 Å². The van der Waals surface area contributed by atoms with E-state index in [4.69, 9.17) is 61.1 Å². The molecule has 16 rings (SSSR count). The number of hydrogen-bond donors (Lipinski definition) is 10. The number of fused-ring (bicyclic) bond motifs is 10. The molecule has 576 valence electrons. The van der Waals surface area contributed by atoms with Crippen LogP contribution in [-0.2, 0) is 60.4 Å². The van der Waals surface area contributed by atoms with Crippen LogP contribution in [0, 0.1) is 0 Å². The Bertz CT molecular complexity index is 5650. The Kier molecular flexibility index (Phi) is 21.2. The van der Waals surface area contributed by atoms with Gasteiger partial charge in [0.1, 0.15) is 71.4 Å². The zero-order valence-electron chi connectivity index (χ0n) is 60.3. The lowest BCUT2D eigenvalue weighted by Gasteiger charge is -2.44. The first kappa shape index (κ1) is 75.5. The number of esters is 4. The number of alkyl halides is 2. The minimum absolute atomic E-state index is 0.130. The number of aliphatic hydroxyl groups excluding tert-OH is 4. The average molecular weight is 1560 g/mol. The number of para-hydroxylation sites is 2. The summed E-state index contributed by atoms with van der Waals surface area (Å²) in [5.41, 5.74) is 8.17. The zero-order valence-corrected chi connectivity index (χ0v) is 61.8. The normalized spacial score (nSPS) is 22.1. The average Bonchev–Trinajstić information content (AvgIpc) is 0.951. The predicted molar refractivity (Wildman–Crippen MR) is 414 cm³/mol. The Morgan fingerprint density at radius 2 is 0.857 bits per heavy atom. The number of aromatic nitrogens is 4. The highest BCUT2D eigenvalue weighted by molar-refractivity contribution is 6.24. The third-order valence-corrected chi connectivity index (χ3v) is 20.5. The van der Waals surface area contributed by atoms with Crippen LogP contribution in [0.4, 0.5) is 22.7 Å². The van der Waals surface area contributed by atoms with Crippen molar-refractivity contribution in [1.29, 1.82) is 0 Å². The van der Waals surface area contributed by atoms with Crippen molar-refractivity contribution in [3.05, 3.63) is 204 Å². The highest BCUT2D eigenvalue weighted by atomic mass is 35.5. The molecule has 4 aliphatic heterocycles. The third kappa shape index (κ3) is 15.4. The number of H-pyrrole nitrogens is 4. The van der Waals surface area contributed by atoms with Crippen molar-refractivity contribution >= 4 is 159 Å². The van der Waals surface area contributed by atoms with Gasteiger partial charge in [0.15, 0.2) is 12.2 Å². The largest absolute Gasteiger partial charge is 0.463 e. The van der Waals surface area contributed by atoms with Gasteiger partial charge < -0.3 is 98.7 Å². The fourth-order valence-electron chi connectivity index (χ4n) is 14.9. The summed E-state index contributed by atoms with van der Waals surface area (Å²) in [7, 11) is 0. The SMILES string of the molecule is CC(=O)OCC1O[C@@H](Oc2cc3c(c4ccccc24)CC(Cl)CN3C(=O)c2cc3cc(NC(=O)c4cc5ccccc5[nH]4)ccc3[nH]2)C(OC(C)=O)[C@@H](OC(C)=O)[C@H]1OC(C)=O.O=C(Nc1ccc2[nH]c(C(=O)N3CC(Cl)Cc4c3cc(O[C@@H]3OC(CO)[C@H](O)[C@H](O)C3O)c3ccccc43)cc2c1)c1cc2ccccc2[nH]1. The van der Waals surface area contributed by atoms with Gasteiger partial charge >= 0.3 is 23.9 Å². The summed E-state index contributed by atoms with van der Waals surface area (Å²) in [5, 5.41) is 51.9. The maximum Gasteiger partial charge on any atom is 0.303 e. The van der Waals surface area contributed by atoms with Crippen molar-refractivity contribution in [3.63, 3.8) is 0 Å². The Balaban J connectivity index is 0.000000181. The summed E-state index contributed by atoms with van der Waals surface area (Å²) in [5.74, 6) is -3.90. The molecule has 10 N–H and O–H groups in total. The van der Waals surface area contributed by atoms with E-state index in [1.807, 2.05) is 84.9 Å². The monoisotopic (exact) mass is 1560 g/mol. The minimum atomic E-state index is -1.62. The molecule has 4 aliphatic rings. The Morgan fingerprint density at radius 1 is 0.446 bits per heavy atom. The number of hydrogen-bond acceptors (Lipinski definition) is 20. The molecule has 0 spiro atoms. The molecule has 2 fully saturated rings. The number of rotatable bonds is 16. The predicted octanol–water partition coefficient (Wildman–Crippen LogP) is 10.4. The van der Waals surface area contributed by atoms with Gasteiger partial charge in [-0.1, -0.05) is 84.9 Å². The van der Waals surface area contributed by atoms with Gasteiger partial charge in [0.05, 0.1) is 28.7 Å². The maximum absolute atomic E-state index is 14.6. The van der Waals surface area contributed by atoms with E-state index in [2.05, 4.69) is 30.6 Å². The van der Waals surface area contributed by atoms with Gasteiger partial charge in [-0.2, -0.15) is 0 Å². The van der Waals surface area contributed by atoms with E-state index in [0.717, 1.165) is 59.1 Å². The number of amides is 4. The summed E-state index contributed by atoms with van der Waals surface area (Å²) in [4.78, 5) is 120. The highest BCUT2D eigenvalue weighted by Gasteiger charge is 2.54. The van der Waals surface area contributed by atoms with Crippen LogP contribution < -0.4 is 29.9 Å². The number of nitrogens with one attached hydrogen (secondary N) is 6. The lowest BCUT2D eigenvalue weighted by atomic mass is 9.93. The number of benzene rings is 8. The quantitative estimate of drug-likeness (QED) is 0.0244. The van der Waals surface area contributed by atoms with Crippen LogP contribution in [-0.4, -0.2) is 186 Å². The number of carbonyl (C=O) groups is 8. The summed E-state index contributed by atoms with van der Waals surface area (Å²) in [6.07, 6.45) is -13.5. The Morgan fingerprint density at radius 3 is 1.32 bits per heavy atom. The van der Waals surface area contributed by atoms with Gasteiger partial charge in [-0.15, -0.1) is 23.2 Å². The fourth-order valence-corrected chi connectivity index (χ4v) is 15.4. The van der Waals surface area contributed by atoms with Crippen molar-refractivity contribution < 1.29 is 96.7 Å². The summed E-state index contributed by atoms with van der Waals surface area (Å²) < 4.78 is 46.6. The standard InChI is InChI=1S/C45H41ClN4O12.C37H33ClN4O8/c1-22(51)57-21-39-40(58-23(2)52)41(59-24(3)53)42(60-25(4)54)45(62-39)61-38-19-37-32(30-10-6-7-11-31(30)38)18-28(46)20-50(37)44(56)36-17-27-15-29(13-14-34(27)49-36)47-43(55)35-16-26-9-5-8-12-33(26)48-35;38-20-14-24-22-6-2-3-7-23(22)30(49-37-34(46)33(45)32(44)31(17-43)50-37)15-29(24)42(16-20)36(48)28-13-19-11-21(9-10-26(19)41-28)39-35(47)27-12-18-5-1-4-8-25(18)40-27/h5-17,19,28,39-42,45,48-49H,18,20-21H2,1-4H3,(H,47,55);1-13,15,20,31-34,37,40-41,43-46H,14,16-17H2,(H,39,47)/t28?,39?,40-,41-,42?,45+;20?,31?,32-,33-,34?,37+/m00/s1. The van der Waals surface area contributed by atoms with Gasteiger partial charge in [-0.25, -0.2) is 0 Å². The summed E-state index contributed by atoms with van der Waals surface area (Å²) >= 11 is 13.6. The number of nitrogens with zero attached hydrogens (tertiary/aromatic N) is 2. The molecule has 0 saturated carbocycles. The van der Waals surface area contributed by atoms with E-state index in [-0.39, 0.29) is 53.4 Å². The molecule has 28 nitrogen and oxygen atoms in total. The van der Waals surface area contributed by atoms with Gasteiger partial charge in [0.25, 0.3) is 23.6 Å². The molecule has 8 aromatic carbocycles. The van der Waals surface area contributed by atoms with Crippen molar-refractivity contribution in [2.75, 3.05) is 46.7 Å². The number of ether oxygens (including phenoxy) is 8. The molecule has 0 radical (unpaired) electrons. The van der Waals surface area contributed by atoms with Gasteiger partial charge in [-0.3, -0.25) is 38.4 Å². The van der Waals surface area contributed by atoms with E-state index >= 15 is 0 Å². The molecule has 30 heteroatoms. The van der Waals surface area contributed by atoms with Crippen LogP contribution in [0.1, 0.15) is 80.8 Å². The molecule has 112 heavy (non-hydrogen) atoms. The molecule has 4 aromatic heterocycles. The number of aliphatic hydroxyl groups is 4. The molecule has 12 atom stereocenters. The molecule has 6 unspecified atom stereocenters. The molecular weight excluding hydrogens is 1490 g/mol. The van der Waals surface area contributed by atoms with Gasteiger partial charge in [0, 0.05) is 119 Å². The van der Waals surface area contributed by atoms with Crippen LogP contribution in [0.25, 0.3) is 65.2 Å². The smallest absolute Gasteiger partial charge is 0.303 e. The van der Waals surface area contributed by atoms with Crippen molar-refractivity contribution in [2.45, 2.75) is 113 Å².